The zero-order valence-corrected chi connectivity index (χ0v) is 15.3. The second kappa shape index (κ2) is 7.79. The number of halogens is 1. The van der Waals surface area contributed by atoms with Crippen molar-refractivity contribution in [1.82, 2.24) is 14.2 Å². The van der Waals surface area contributed by atoms with Gasteiger partial charge < -0.3 is 9.88 Å². The van der Waals surface area contributed by atoms with E-state index in [2.05, 4.69) is 5.32 Å². The minimum absolute atomic E-state index is 0.0885. The molecule has 0 saturated carbocycles. The predicted octanol–water partition coefficient (Wildman–Crippen LogP) is 2.12. The van der Waals surface area contributed by atoms with Crippen LogP contribution >= 0.6 is 0 Å². The molecule has 1 aromatic heterocycles. The van der Waals surface area contributed by atoms with Gasteiger partial charge in [0.1, 0.15) is 16.4 Å². The van der Waals surface area contributed by atoms with Gasteiger partial charge in [0.25, 0.3) is 5.91 Å². The van der Waals surface area contributed by atoms with E-state index in [0.29, 0.717) is 13.1 Å². The first-order valence-electron chi connectivity index (χ1n) is 7.98. The molecule has 0 fully saturated rings. The largest absolute Gasteiger partial charge is 0.347 e. The highest BCUT2D eigenvalue weighted by atomic mass is 32.2. The first kappa shape index (κ1) is 19.1. The van der Waals surface area contributed by atoms with Gasteiger partial charge in [-0.1, -0.05) is 26.0 Å². The summed E-state index contributed by atoms with van der Waals surface area (Å²) >= 11 is 0. The third-order valence-corrected chi connectivity index (χ3v) is 5.94. The molecular formula is C17H22FN3O3S. The van der Waals surface area contributed by atoms with Crippen molar-refractivity contribution in [2.45, 2.75) is 25.3 Å². The number of amides is 1. The molecule has 0 aliphatic carbocycles. The summed E-state index contributed by atoms with van der Waals surface area (Å²) in [5.41, 5.74) is 0.993. The second-order valence-electron chi connectivity index (χ2n) is 5.57. The molecule has 0 aliphatic rings. The average molecular weight is 367 g/mol. The maximum Gasteiger partial charge on any atom is 0.268 e. The van der Waals surface area contributed by atoms with Gasteiger partial charge in [-0.05, 0) is 23.8 Å². The van der Waals surface area contributed by atoms with Crippen molar-refractivity contribution < 1.29 is 17.6 Å². The van der Waals surface area contributed by atoms with Gasteiger partial charge >= 0.3 is 0 Å². The Bertz CT molecular complexity index is 841. The fourth-order valence-corrected chi connectivity index (χ4v) is 4.02. The number of carbonyl (C=O) groups is 1. The Morgan fingerprint density at radius 2 is 1.80 bits per heavy atom. The molecule has 2 aromatic rings. The highest BCUT2D eigenvalue weighted by Crippen LogP contribution is 2.18. The van der Waals surface area contributed by atoms with E-state index in [-0.39, 0.29) is 23.0 Å². The minimum atomic E-state index is -3.62. The van der Waals surface area contributed by atoms with Crippen LogP contribution in [0.25, 0.3) is 0 Å². The molecule has 0 atom stereocenters. The molecule has 0 bridgehead atoms. The van der Waals surface area contributed by atoms with Gasteiger partial charge in [-0.15, -0.1) is 0 Å². The maximum absolute atomic E-state index is 12.9. The molecule has 136 valence electrons. The van der Waals surface area contributed by atoms with Crippen LogP contribution in [0.1, 0.15) is 29.9 Å². The highest BCUT2D eigenvalue weighted by Gasteiger charge is 2.25. The summed E-state index contributed by atoms with van der Waals surface area (Å²) in [6.07, 6.45) is 1.43. The quantitative estimate of drug-likeness (QED) is 0.815. The fourth-order valence-electron chi connectivity index (χ4n) is 2.49. The van der Waals surface area contributed by atoms with Crippen LogP contribution < -0.4 is 5.32 Å². The summed E-state index contributed by atoms with van der Waals surface area (Å²) in [7, 11) is -2.00. The highest BCUT2D eigenvalue weighted by molar-refractivity contribution is 7.89. The lowest BCUT2D eigenvalue weighted by Crippen LogP contribution is -2.30. The molecule has 0 unspecified atom stereocenters. The monoisotopic (exact) mass is 367 g/mol. The van der Waals surface area contributed by atoms with Crippen LogP contribution in [0.4, 0.5) is 4.39 Å². The van der Waals surface area contributed by atoms with Crippen LogP contribution in [0, 0.1) is 5.82 Å². The van der Waals surface area contributed by atoms with E-state index in [1.807, 2.05) is 0 Å². The molecule has 0 aliphatic heterocycles. The van der Waals surface area contributed by atoms with Crippen molar-refractivity contribution in [2.75, 3.05) is 13.1 Å². The van der Waals surface area contributed by atoms with Crippen molar-refractivity contribution in [2.24, 2.45) is 7.05 Å². The molecule has 1 N–H and O–H groups in total. The molecular weight excluding hydrogens is 345 g/mol. The van der Waals surface area contributed by atoms with Crippen LogP contribution in [0.15, 0.2) is 41.4 Å². The van der Waals surface area contributed by atoms with Crippen LogP contribution in [-0.4, -0.2) is 36.3 Å². The Morgan fingerprint density at radius 3 is 2.36 bits per heavy atom. The van der Waals surface area contributed by atoms with E-state index in [1.54, 1.807) is 33.0 Å². The van der Waals surface area contributed by atoms with Gasteiger partial charge in [0.15, 0.2) is 0 Å². The molecule has 0 spiro atoms. The SMILES string of the molecule is CCN(CC)S(=O)(=O)c1cc(C(=O)NCc2ccc(F)cc2)n(C)c1. The molecule has 1 heterocycles. The summed E-state index contributed by atoms with van der Waals surface area (Å²) in [5, 5.41) is 2.71. The molecule has 6 nitrogen and oxygen atoms in total. The van der Waals surface area contributed by atoms with Crippen LogP contribution in [-0.2, 0) is 23.6 Å². The molecule has 0 radical (unpaired) electrons. The van der Waals surface area contributed by atoms with Gasteiger partial charge in [-0.2, -0.15) is 4.31 Å². The number of rotatable bonds is 7. The molecule has 1 amide bonds. The lowest BCUT2D eigenvalue weighted by molar-refractivity contribution is 0.0942. The van der Waals surface area contributed by atoms with Crippen LogP contribution in [0.3, 0.4) is 0 Å². The van der Waals surface area contributed by atoms with Crippen molar-refractivity contribution in [3.8, 4) is 0 Å². The Hall–Kier alpha value is -2.19. The summed E-state index contributed by atoms with van der Waals surface area (Å²) in [5.74, 6) is -0.739. The van der Waals surface area contributed by atoms with Gasteiger partial charge in [0, 0.05) is 32.9 Å². The topological polar surface area (TPSA) is 71.4 Å². The number of sulfonamides is 1. The Morgan fingerprint density at radius 1 is 1.20 bits per heavy atom. The third-order valence-electron chi connectivity index (χ3n) is 3.92. The average Bonchev–Trinajstić information content (AvgIpc) is 2.97. The fraction of sp³-hybridized carbons (Fsp3) is 0.353. The number of nitrogens with one attached hydrogen (secondary N) is 1. The smallest absolute Gasteiger partial charge is 0.268 e. The van der Waals surface area contributed by atoms with Crippen LogP contribution in [0.2, 0.25) is 0 Å². The predicted molar refractivity (Wildman–Crippen MR) is 93.1 cm³/mol. The summed E-state index contributed by atoms with van der Waals surface area (Å²) in [6.45, 7) is 4.47. The van der Waals surface area contributed by atoms with E-state index in [4.69, 9.17) is 0 Å². The normalized spacial score (nSPS) is 11.7. The standard InChI is InChI=1S/C17H22FN3O3S/c1-4-21(5-2)25(23,24)15-10-16(20(3)12-15)17(22)19-11-13-6-8-14(18)9-7-13/h6-10,12H,4-5,11H2,1-3H3,(H,19,22). The van der Waals surface area contributed by atoms with Gasteiger partial charge in [-0.3, -0.25) is 4.79 Å². The first-order chi connectivity index (χ1) is 11.8. The summed E-state index contributed by atoms with van der Waals surface area (Å²) < 4.78 is 40.8. The maximum atomic E-state index is 12.9. The van der Waals surface area contributed by atoms with Crippen molar-refractivity contribution in [3.05, 3.63) is 53.6 Å². The van der Waals surface area contributed by atoms with Crippen molar-refractivity contribution in [1.29, 1.82) is 0 Å². The lowest BCUT2D eigenvalue weighted by atomic mass is 10.2. The zero-order chi connectivity index (χ0) is 18.6. The van der Waals surface area contributed by atoms with E-state index < -0.39 is 15.9 Å². The second-order valence-corrected chi connectivity index (χ2v) is 7.51. The van der Waals surface area contributed by atoms with E-state index >= 15 is 0 Å². The van der Waals surface area contributed by atoms with E-state index in [0.717, 1.165) is 5.56 Å². The third kappa shape index (κ3) is 4.26. The van der Waals surface area contributed by atoms with Gasteiger partial charge in [-0.25, -0.2) is 12.8 Å². The number of aryl methyl sites for hydroxylation is 1. The Kier molecular flexibility index (Phi) is 5.97. The first-order valence-corrected chi connectivity index (χ1v) is 9.42. The van der Waals surface area contributed by atoms with Gasteiger partial charge in [0.2, 0.25) is 10.0 Å². The van der Waals surface area contributed by atoms with E-state index in [1.165, 1.54) is 33.3 Å². The van der Waals surface area contributed by atoms with E-state index in [9.17, 15) is 17.6 Å². The number of nitrogens with zero attached hydrogens (tertiary/aromatic N) is 2. The van der Waals surface area contributed by atoms with Gasteiger partial charge in [0.05, 0.1) is 0 Å². The number of hydrogen-bond donors (Lipinski definition) is 1. The summed E-state index contributed by atoms with van der Waals surface area (Å²) in [4.78, 5) is 12.4. The van der Waals surface area contributed by atoms with Crippen molar-refractivity contribution >= 4 is 15.9 Å². The molecule has 25 heavy (non-hydrogen) atoms. The summed E-state index contributed by atoms with van der Waals surface area (Å²) in [6, 6.07) is 7.17. The Balaban J connectivity index is 2.16. The number of aromatic nitrogens is 1. The lowest BCUT2D eigenvalue weighted by Gasteiger charge is -2.17. The Labute approximate surface area is 147 Å². The zero-order valence-electron chi connectivity index (χ0n) is 14.5. The number of benzene rings is 1. The molecule has 0 saturated heterocycles. The minimum Gasteiger partial charge on any atom is -0.347 e. The molecule has 2 rings (SSSR count). The van der Waals surface area contributed by atoms with Crippen molar-refractivity contribution in [3.63, 3.8) is 0 Å². The van der Waals surface area contributed by atoms with Crippen LogP contribution in [0.5, 0.6) is 0 Å². The molecule has 8 heteroatoms. The number of carbonyl (C=O) groups excluding carboxylic acids is 1. The molecule has 1 aromatic carbocycles. The number of hydrogen-bond acceptors (Lipinski definition) is 3.